The number of benzene rings is 1. The molecule has 3 N–H and O–H groups in total. The molecule has 1 heterocycles. The number of hydrogen-bond acceptors (Lipinski definition) is 4. The Hall–Kier alpha value is -1.73. The van der Waals surface area contributed by atoms with Crippen LogP contribution in [0.1, 0.15) is 33.6 Å². The van der Waals surface area contributed by atoms with Gasteiger partial charge in [-0.25, -0.2) is 0 Å². The van der Waals surface area contributed by atoms with E-state index in [4.69, 9.17) is 5.73 Å². The van der Waals surface area contributed by atoms with Crippen molar-refractivity contribution >= 4 is 33.7 Å². The maximum absolute atomic E-state index is 12.3. The van der Waals surface area contributed by atoms with E-state index < -0.39 is 11.8 Å². The molecule has 22 heavy (non-hydrogen) atoms. The van der Waals surface area contributed by atoms with Gasteiger partial charge in [-0.15, -0.1) is 0 Å². The number of rotatable bonds is 5. The molecule has 0 saturated heterocycles. The molecule has 1 aliphatic carbocycles. The monoisotopic (exact) mass is 365 g/mol. The van der Waals surface area contributed by atoms with E-state index in [0.717, 1.165) is 22.2 Å². The van der Waals surface area contributed by atoms with Crippen LogP contribution in [0.2, 0.25) is 0 Å². The third-order valence-corrected chi connectivity index (χ3v) is 4.52. The Morgan fingerprint density at radius 1 is 1.32 bits per heavy atom. The second-order valence-corrected chi connectivity index (χ2v) is 6.55. The van der Waals surface area contributed by atoms with Crippen LogP contribution in [-0.4, -0.2) is 41.8 Å². The molecule has 1 fully saturated rings. The molecule has 0 spiro atoms. The van der Waals surface area contributed by atoms with Crippen LogP contribution in [-0.2, 0) is 4.79 Å². The molecule has 1 unspecified atom stereocenters. The van der Waals surface area contributed by atoms with Crippen molar-refractivity contribution in [2.75, 3.05) is 13.1 Å². The van der Waals surface area contributed by atoms with Crippen LogP contribution < -0.4 is 11.1 Å². The molecule has 2 aliphatic rings. The van der Waals surface area contributed by atoms with Crippen LogP contribution in [0.5, 0.6) is 0 Å². The Morgan fingerprint density at radius 2 is 2.00 bits per heavy atom. The molecule has 3 amide bonds. The summed E-state index contributed by atoms with van der Waals surface area (Å²) in [6, 6.07) is 4.81. The van der Waals surface area contributed by atoms with Crippen molar-refractivity contribution in [3.05, 3.63) is 33.8 Å². The SMILES string of the molecule is NCC(NC(=O)CN1C(=O)c2ccc(Br)cc2C1=O)C1CC1. The summed E-state index contributed by atoms with van der Waals surface area (Å²) in [5.41, 5.74) is 6.30. The lowest BCUT2D eigenvalue weighted by Crippen LogP contribution is -2.47. The predicted molar refractivity (Wildman–Crippen MR) is 83.2 cm³/mol. The summed E-state index contributed by atoms with van der Waals surface area (Å²) in [6.07, 6.45) is 2.12. The molecule has 0 bridgehead atoms. The number of hydrogen-bond donors (Lipinski definition) is 2. The van der Waals surface area contributed by atoms with Crippen LogP contribution in [0, 0.1) is 5.92 Å². The molecule has 1 aromatic rings. The number of amides is 3. The second kappa shape index (κ2) is 5.81. The molecule has 1 aromatic carbocycles. The summed E-state index contributed by atoms with van der Waals surface area (Å²) < 4.78 is 0.718. The quantitative estimate of drug-likeness (QED) is 0.758. The Balaban J connectivity index is 1.69. The van der Waals surface area contributed by atoms with Crippen molar-refractivity contribution in [2.24, 2.45) is 11.7 Å². The molecule has 116 valence electrons. The van der Waals surface area contributed by atoms with E-state index in [1.807, 2.05) is 0 Å². The number of carbonyl (C=O) groups excluding carboxylic acids is 3. The van der Waals surface area contributed by atoms with Gasteiger partial charge >= 0.3 is 0 Å². The molecule has 0 radical (unpaired) electrons. The van der Waals surface area contributed by atoms with E-state index in [9.17, 15) is 14.4 Å². The Labute approximate surface area is 136 Å². The molecule has 1 aliphatic heterocycles. The maximum Gasteiger partial charge on any atom is 0.262 e. The molecule has 6 nitrogen and oxygen atoms in total. The van der Waals surface area contributed by atoms with Crippen LogP contribution in [0.3, 0.4) is 0 Å². The first-order chi connectivity index (χ1) is 10.5. The third kappa shape index (κ3) is 2.78. The number of nitrogens with one attached hydrogen (secondary N) is 1. The number of nitrogens with two attached hydrogens (primary N) is 1. The summed E-state index contributed by atoms with van der Waals surface area (Å²) >= 11 is 3.27. The molecule has 1 saturated carbocycles. The highest BCUT2D eigenvalue weighted by molar-refractivity contribution is 9.10. The maximum atomic E-state index is 12.3. The highest BCUT2D eigenvalue weighted by Crippen LogP contribution is 2.32. The lowest BCUT2D eigenvalue weighted by molar-refractivity contribution is -0.122. The van der Waals surface area contributed by atoms with Gasteiger partial charge in [0.15, 0.2) is 0 Å². The molecule has 3 rings (SSSR count). The summed E-state index contributed by atoms with van der Waals surface area (Å²) in [5, 5.41) is 2.82. The average molecular weight is 366 g/mol. The van der Waals surface area contributed by atoms with E-state index in [1.54, 1.807) is 18.2 Å². The van der Waals surface area contributed by atoms with Crippen LogP contribution >= 0.6 is 15.9 Å². The van der Waals surface area contributed by atoms with Gasteiger partial charge in [0.25, 0.3) is 11.8 Å². The highest BCUT2D eigenvalue weighted by Gasteiger charge is 2.38. The number of imide groups is 1. The number of carbonyl (C=O) groups is 3. The summed E-state index contributed by atoms with van der Waals surface area (Å²) in [5.74, 6) is -0.798. The number of nitrogens with zero attached hydrogens (tertiary/aromatic N) is 1. The van der Waals surface area contributed by atoms with E-state index >= 15 is 0 Å². The minimum absolute atomic E-state index is 0.0724. The minimum atomic E-state index is -0.438. The van der Waals surface area contributed by atoms with Gasteiger partial charge in [0.05, 0.1) is 11.1 Å². The lowest BCUT2D eigenvalue weighted by atomic mass is 10.1. The van der Waals surface area contributed by atoms with Crippen molar-refractivity contribution in [2.45, 2.75) is 18.9 Å². The third-order valence-electron chi connectivity index (χ3n) is 4.03. The largest absolute Gasteiger partial charge is 0.350 e. The fraction of sp³-hybridized carbons (Fsp3) is 0.400. The zero-order valence-electron chi connectivity index (χ0n) is 11.8. The minimum Gasteiger partial charge on any atom is -0.350 e. The van der Waals surface area contributed by atoms with Crippen LogP contribution in [0.4, 0.5) is 0 Å². The van der Waals surface area contributed by atoms with E-state index in [0.29, 0.717) is 23.6 Å². The summed E-state index contributed by atoms with van der Waals surface area (Å²) in [7, 11) is 0. The Kier molecular flexibility index (Phi) is 4.01. The second-order valence-electron chi connectivity index (χ2n) is 5.63. The number of fused-ring (bicyclic) bond motifs is 1. The van der Waals surface area contributed by atoms with Gasteiger partial charge in [-0.3, -0.25) is 19.3 Å². The fourth-order valence-corrected chi connectivity index (χ4v) is 3.03. The van der Waals surface area contributed by atoms with Gasteiger partial charge in [-0.05, 0) is 37.0 Å². The Morgan fingerprint density at radius 3 is 2.64 bits per heavy atom. The van der Waals surface area contributed by atoms with Crippen LogP contribution in [0.15, 0.2) is 22.7 Å². The first kappa shape index (κ1) is 15.2. The predicted octanol–water partition coefficient (Wildman–Crippen LogP) is 0.899. The van der Waals surface area contributed by atoms with Crippen molar-refractivity contribution < 1.29 is 14.4 Å². The normalized spacial score (nSPS) is 18.4. The summed E-state index contributed by atoms with van der Waals surface area (Å²) in [4.78, 5) is 37.6. The highest BCUT2D eigenvalue weighted by atomic mass is 79.9. The van der Waals surface area contributed by atoms with Crippen molar-refractivity contribution in [1.29, 1.82) is 0 Å². The fourth-order valence-electron chi connectivity index (χ4n) is 2.67. The van der Waals surface area contributed by atoms with Gasteiger partial charge in [-0.2, -0.15) is 0 Å². The van der Waals surface area contributed by atoms with Gasteiger partial charge in [0.2, 0.25) is 5.91 Å². The van der Waals surface area contributed by atoms with Crippen molar-refractivity contribution in [1.82, 2.24) is 10.2 Å². The van der Waals surface area contributed by atoms with Gasteiger partial charge in [0, 0.05) is 17.1 Å². The van der Waals surface area contributed by atoms with E-state index in [-0.39, 0.29) is 18.5 Å². The van der Waals surface area contributed by atoms with Crippen LogP contribution in [0.25, 0.3) is 0 Å². The standard InChI is InChI=1S/C15H16BrN3O3/c16-9-3-4-10-11(5-9)15(22)19(14(10)21)7-13(20)18-12(6-17)8-1-2-8/h3-5,8,12H,1-2,6-7,17H2,(H,18,20). The summed E-state index contributed by atoms with van der Waals surface area (Å²) in [6.45, 7) is 0.0959. The number of halogens is 1. The molecule has 7 heteroatoms. The molecule has 1 atom stereocenters. The Bertz CT molecular complexity index is 657. The van der Waals surface area contributed by atoms with Gasteiger partial charge in [-0.1, -0.05) is 15.9 Å². The van der Waals surface area contributed by atoms with Crippen molar-refractivity contribution in [3.8, 4) is 0 Å². The van der Waals surface area contributed by atoms with Gasteiger partial charge in [0.1, 0.15) is 6.54 Å². The average Bonchev–Trinajstić information content (AvgIpc) is 3.30. The van der Waals surface area contributed by atoms with Gasteiger partial charge < -0.3 is 11.1 Å². The van der Waals surface area contributed by atoms with E-state index in [1.165, 1.54) is 0 Å². The zero-order valence-corrected chi connectivity index (χ0v) is 13.4. The first-order valence-corrected chi connectivity index (χ1v) is 7.95. The lowest BCUT2D eigenvalue weighted by Gasteiger charge is -2.19. The topological polar surface area (TPSA) is 92.5 Å². The van der Waals surface area contributed by atoms with E-state index in [2.05, 4.69) is 21.2 Å². The van der Waals surface area contributed by atoms with Crippen molar-refractivity contribution in [3.63, 3.8) is 0 Å². The molecule has 0 aromatic heterocycles. The molecular formula is C15H16BrN3O3. The zero-order chi connectivity index (χ0) is 15.9. The first-order valence-electron chi connectivity index (χ1n) is 7.16. The smallest absolute Gasteiger partial charge is 0.262 e. The molecular weight excluding hydrogens is 350 g/mol.